The second-order valence-corrected chi connectivity index (χ2v) is 4.93. The smallest absolute Gasteiger partial charge is 0.145 e. The predicted molar refractivity (Wildman–Crippen MR) is 68.9 cm³/mol. The SMILES string of the molecule is Cn1ccc2c(NC3CC(CC#N)C3)ncnc21. The van der Waals surface area contributed by atoms with Crippen LogP contribution in [0, 0.1) is 17.2 Å². The molecule has 92 valence electrons. The lowest BCUT2D eigenvalue weighted by Crippen LogP contribution is -2.35. The maximum Gasteiger partial charge on any atom is 0.145 e. The van der Waals surface area contributed by atoms with Crippen molar-refractivity contribution in [2.24, 2.45) is 13.0 Å². The van der Waals surface area contributed by atoms with Gasteiger partial charge in [-0.25, -0.2) is 9.97 Å². The number of hydrogen-bond acceptors (Lipinski definition) is 4. The second-order valence-electron chi connectivity index (χ2n) is 4.93. The fourth-order valence-corrected chi connectivity index (χ4v) is 2.54. The van der Waals surface area contributed by atoms with Crippen LogP contribution in [0.1, 0.15) is 19.3 Å². The van der Waals surface area contributed by atoms with Gasteiger partial charge in [0.05, 0.1) is 11.5 Å². The first-order chi connectivity index (χ1) is 8.78. The summed E-state index contributed by atoms with van der Waals surface area (Å²) in [4.78, 5) is 8.58. The number of anilines is 1. The molecule has 1 saturated carbocycles. The average Bonchev–Trinajstić information content (AvgIpc) is 2.70. The van der Waals surface area contributed by atoms with Crippen LogP contribution < -0.4 is 5.32 Å². The van der Waals surface area contributed by atoms with E-state index in [2.05, 4.69) is 21.4 Å². The topological polar surface area (TPSA) is 66.5 Å². The van der Waals surface area contributed by atoms with Gasteiger partial charge in [-0.3, -0.25) is 0 Å². The van der Waals surface area contributed by atoms with Gasteiger partial charge in [0.1, 0.15) is 17.8 Å². The Morgan fingerprint density at radius 2 is 2.33 bits per heavy atom. The van der Waals surface area contributed by atoms with Gasteiger partial charge in [-0.05, 0) is 24.8 Å². The molecule has 5 nitrogen and oxygen atoms in total. The first-order valence-corrected chi connectivity index (χ1v) is 6.17. The van der Waals surface area contributed by atoms with Crippen molar-refractivity contribution in [2.45, 2.75) is 25.3 Å². The van der Waals surface area contributed by atoms with Gasteiger partial charge >= 0.3 is 0 Å². The first kappa shape index (κ1) is 11.0. The molecule has 0 radical (unpaired) electrons. The Balaban J connectivity index is 1.75. The van der Waals surface area contributed by atoms with Crippen LogP contribution in [0.15, 0.2) is 18.6 Å². The molecule has 3 rings (SSSR count). The third-order valence-electron chi connectivity index (χ3n) is 3.62. The summed E-state index contributed by atoms with van der Waals surface area (Å²) in [6.07, 6.45) is 6.38. The van der Waals surface area contributed by atoms with E-state index in [1.807, 2.05) is 23.9 Å². The summed E-state index contributed by atoms with van der Waals surface area (Å²) in [5.41, 5.74) is 0.945. The largest absolute Gasteiger partial charge is 0.367 e. The molecule has 2 aromatic rings. The highest BCUT2D eigenvalue weighted by Crippen LogP contribution is 2.33. The third-order valence-corrected chi connectivity index (χ3v) is 3.62. The highest BCUT2D eigenvalue weighted by molar-refractivity contribution is 5.87. The number of hydrogen-bond donors (Lipinski definition) is 1. The molecular formula is C13H15N5. The molecule has 0 unspecified atom stereocenters. The molecule has 0 aromatic carbocycles. The number of nitriles is 1. The van der Waals surface area contributed by atoms with Crippen LogP contribution in [0.3, 0.4) is 0 Å². The van der Waals surface area contributed by atoms with E-state index in [1.165, 1.54) is 0 Å². The molecule has 1 N–H and O–H groups in total. The third kappa shape index (κ3) is 1.80. The lowest BCUT2D eigenvalue weighted by molar-refractivity contribution is 0.288. The monoisotopic (exact) mass is 241 g/mol. The van der Waals surface area contributed by atoms with E-state index in [1.54, 1.807) is 6.33 Å². The summed E-state index contributed by atoms with van der Waals surface area (Å²) < 4.78 is 1.99. The summed E-state index contributed by atoms with van der Waals surface area (Å²) in [6, 6.07) is 4.71. The maximum absolute atomic E-state index is 8.63. The molecule has 0 saturated heterocycles. The van der Waals surface area contributed by atoms with Crippen LogP contribution in [-0.4, -0.2) is 20.6 Å². The fraction of sp³-hybridized carbons (Fsp3) is 0.462. The maximum atomic E-state index is 8.63. The van der Waals surface area contributed by atoms with Crippen molar-refractivity contribution in [3.8, 4) is 6.07 Å². The highest BCUT2D eigenvalue weighted by Gasteiger charge is 2.29. The molecule has 18 heavy (non-hydrogen) atoms. The van der Waals surface area contributed by atoms with Crippen molar-refractivity contribution in [1.29, 1.82) is 5.26 Å². The van der Waals surface area contributed by atoms with E-state index in [-0.39, 0.29) is 0 Å². The quantitative estimate of drug-likeness (QED) is 0.893. The normalized spacial score (nSPS) is 22.4. The van der Waals surface area contributed by atoms with Gasteiger partial charge in [0.15, 0.2) is 0 Å². The molecule has 2 heterocycles. The summed E-state index contributed by atoms with van der Waals surface area (Å²) in [5, 5.41) is 13.1. The number of rotatable bonds is 3. The lowest BCUT2D eigenvalue weighted by Gasteiger charge is -2.34. The minimum atomic E-state index is 0.446. The molecule has 0 atom stereocenters. The Kier molecular flexibility index (Phi) is 2.63. The van der Waals surface area contributed by atoms with E-state index in [0.717, 1.165) is 29.7 Å². The molecular weight excluding hydrogens is 226 g/mol. The van der Waals surface area contributed by atoms with Gasteiger partial charge in [-0.1, -0.05) is 0 Å². The Morgan fingerprint density at radius 3 is 3.11 bits per heavy atom. The van der Waals surface area contributed by atoms with Crippen molar-refractivity contribution < 1.29 is 0 Å². The molecule has 1 aliphatic carbocycles. The van der Waals surface area contributed by atoms with Crippen molar-refractivity contribution >= 4 is 16.9 Å². The highest BCUT2D eigenvalue weighted by atomic mass is 15.1. The van der Waals surface area contributed by atoms with Crippen LogP contribution in [0.25, 0.3) is 11.0 Å². The minimum absolute atomic E-state index is 0.446. The minimum Gasteiger partial charge on any atom is -0.367 e. The first-order valence-electron chi connectivity index (χ1n) is 6.17. The molecule has 5 heteroatoms. The Labute approximate surface area is 105 Å². The van der Waals surface area contributed by atoms with Crippen molar-refractivity contribution in [1.82, 2.24) is 14.5 Å². The lowest BCUT2D eigenvalue weighted by atomic mass is 9.78. The van der Waals surface area contributed by atoms with E-state index in [9.17, 15) is 0 Å². The zero-order valence-electron chi connectivity index (χ0n) is 10.3. The van der Waals surface area contributed by atoms with Crippen LogP contribution >= 0.6 is 0 Å². The zero-order chi connectivity index (χ0) is 12.5. The van der Waals surface area contributed by atoms with E-state index in [4.69, 9.17) is 5.26 Å². The van der Waals surface area contributed by atoms with Gasteiger partial charge in [0, 0.05) is 25.7 Å². The Bertz CT molecular complexity index is 603. The van der Waals surface area contributed by atoms with E-state index < -0.39 is 0 Å². The van der Waals surface area contributed by atoms with Gasteiger partial charge in [-0.15, -0.1) is 0 Å². The predicted octanol–water partition coefficient (Wildman–Crippen LogP) is 2.07. The van der Waals surface area contributed by atoms with Crippen molar-refractivity contribution in [3.05, 3.63) is 18.6 Å². The number of nitrogens with zero attached hydrogens (tertiary/aromatic N) is 4. The fourth-order valence-electron chi connectivity index (χ4n) is 2.54. The summed E-state index contributed by atoms with van der Waals surface area (Å²) in [5.74, 6) is 1.46. The zero-order valence-corrected chi connectivity index (χ0v) is 10.3. The molecule has 0 aliphatic heterocycles. The summed E-state index contributed by atoms with van der Waals surface area (Å²) >= 11 is 0. The van der Waals surface area contributed by atoms with Gasteiger partial charge < -0.3 is 9.88 Å². The van der Waals surface area contributed by atoms with Gasteiger partial charge in [-0.2, -0.15) is 5.26 Å². The molecule has 0 amide bonds. The van der Waals surface area contributed by atoms with Gasteiger partial charge in [0.2, 0.25) is 0 Å². The molecule has 0 spiro atoms. The average molecular weight is 241 g/mol. The molecule has 1 aliphatic rings. The van der Waals surface area contributed by atoms with E-state index in [0.29, 0.717) is 18.4 Å². The number of nitrogens with one attached hydrogen (secondary N) is 1. The van der Waals surface area contributed by atoms with Crippen LogP contribution in [0.2, 0.25) is 0 Å². The van der Waals surface area contributed by atoms with Crippen molar-refractivity contribution in [2.75, 3.05) is 5.32 Å². The Morgan fingerprint density at radius 1 is 1.50 bits per heavy atom. The Hall–Kier alpha value is -2.09. The summed E-state index contributed by atoms with van der Waals surface area (Å²) in [7, 11) is 1.98. The van der Waals surface area contributed by atoms with Crippen LogP contribution in [0.4, 0.5) is 5.82 Å². The second kappa shape index (κ2) is 4.30. The number of fused-ring (bicyclic) bond motifs is 1. The number of aromatic nitrogens is 3. The van der Waals surface area contributed by atoms with Gasteiger partial charge in [0.25, 0.3) is 0 Å². The molecule has 2 aromatic heterocycles. The van der Waals surface area contributed by atoms with Crippen LogP contribution in [-0.2, 0) is 7.05 Å². The van der Waals surface area contributed by atoms with Crippen LogP contribution in [0.5, 0.6) is 0 Å². The summed E-state index contributed by atoms with van der Waals surface area (Å²) in [6.45, 7) is 0. The molecule has 1 fully saturated rings. The number of aryl methyl sites for hydroxylation is 1. The molecule has 0 bridgehead atoms. The van der Waals surface area contributed by atoms with Crippen molar-refractivity contribution in [3.63, 3.8) is 0 Å². The standard InChI is InChI=1S/C13H15N5/c1-18-5-3-11-12(15-8-16-13(11)18)17-10-6-9(7-10)2-4-14/h3,5,8-10H,2,6-7H2,1H3,(H,15,16,17). The van der Waals surface area contributed by atoms with E-state index >= 15 is 0 Å².